The second-order valence-corrected chi connectivity index (χ2v) is 7.99. The smallest absolute Gasteiger partial charge is 0.280 e. The van der Waals surface area contributed by atoms with Gasteiger partial charge in [0.05, 0.1) is 41.8 Å². The van der Waals surface area contributed by atoms with Crippen molar-refractivity contribution in [2.24, 2.45) is 10.2 Å². The molecule has 1 unspecified atom stereocenters. The first kappa shape index (κ1) is 22.7. The van der Waals surface area contributed by atoms with Gasteiger partial charge in [-0.25, -0.2) is 4.98 Å². The van der Waals surface area contributed by atoms with Crippen LogP contribution in [-0.4, -0.2) is 55.6 Å². The predicted molar refractivity (Wildman–Crippen MR) is 130 cm³/mol. The van der Waals surface area contributed by atoms with E-state index in [2.05, 4.69) is 35.8 Å². The van der Waals surface area contributed by atoms with E-state index in [9.17, 15) is 15.0 Å². The van der Waals surface area contributed by atoms with Crippen molar-refractivity contribution >= 4 is 39.9 Å². The Labute approximate surface area is 199 Å². The zero-order valence-corrected chi connectivity index (χ0v) is 18.8. The molecule has 0 amide bonds. The van der Waals surface area contributed by atoms with Crippen LogP contribution in [-0.2, 0) is 4.74 Å². The minimum Gasteiger partial charge on any atom is -0.394 e. The van der Waals surface area contributed by atoms with E-state index in [0.29, 0.717) is 11.4 Å². The average Bonchev–Trinajstić information content (AvgIpc) is 3.47. The van der Waals surface area contributed by atoms with Gasteiger partial charge < -0.3 is 25.6 Å². The second kappa shape index (κ2) is 9.62. The van der Waals surface area contributed by atoms with Gasteiger partial charge in [0.25, 0.3) is 5.56 Å². The molecule has 0 spiro atoms. The first-order valence-electron chi connectivity index (χ1n) is 11.0. The zero-order valence-electron chi connectivity index (χ0n) is 18.8. The van der Waals surface area contributed by atoms with Crippen LogP contribution in [0.5, 0.6) is 0 Å². The number of aliphatic hydroxyl groups is 2. The number of nitrogens with zero attached hydrogens (tertiary/aromatic N) is 5. The lowest BCUT2D eigenvalue weighted by Gasteiger charge is -2.14. The molecule has 3 heterocycles. The summed E-state index contributed by atoms with van der Waals surface area (Å²) in [7, 11) is 1.78. The van der Waals surface area contributed by atoms with E-state index in [0.717, 1.165) is 11.4 Å². The normalized spacial score (nSPS) is 20.0. The van der Waals surface area contributed by atoms with Crippen molar-refractivity contribution in [3.05, 3.63) is 65.2 Å². The first-order valence-corrected chi connectivity index (χ1v) is 11.0. The summed E-state index contributed by atoms with van der Waals surface area (Å²) in [6, 6.07) is 14.8. The molecule has 180 valence electrons. The van der Waals surface area contributed by atoms with Gasteiger partial charge >= 0.3 is 0 Å². The molecule has 35 heavy (non-hydrogen) atoms. The fourth-order valence-electron chi connectivity index (χ4n) is 3.90. The van der Waals surface area contributed by atoms with Gasteiger partial charge in [0, 0.05) is 13.5 Å². The fourth-order valence-corrected chi connectivity index (χ4v) is 3.90. The van der Waals surface area contributed by atoms with Crippen molar-refractivity contribution in [3.63, 3.8) is 0 Å². The third kappa shape index (κ3) is 4.62. The molecule has 1 fully saturated rings. The summed E-state index contributed by atoms with van der Waals surface area (Å²) in [5.41, 5.74) is 2.71. The van der Waals surface area contributed by atoms with Crippen LogP contribution < -0.4 is 16.2 Å². The standard InChI is InChI=1S/C23H24N8O4/c1-24-15-8-7-14(30-29-13-5-3-2-4-6-13)9-16(15)26-23-27-21-20(22(34)28-23)25-12-31(21)19-10-17(33)18(11-32)35-19/h2-9,12,17-19,24,32-33H,10-11H2,1H3,(H2,26,27,28,34)/t17-,18+,19?/m0/s1. The Kier molecular flexibility index (Phi) is 6.23. The van der Waals surface area contributed by atoms with Gasteiger partial charge in [-0.15, -0.1) is 0 Å². The topological polar surface area (TPSA) is 162 Å². The van der Waals surface area contributed by atoms with Crippen LogP contribution in [0, 0.1) is 0 Å². The summed E-state index contributed by atoms with van der Waals surface area (Å²) in [5, 5.41) is 34.2. The number of fused-ring (bicyclic) bond motifs is 1. The minimum atomic E-state index is -0.826. The van der Waals surface area contributed by atoms with E-state index in [1.54, 1.807) is 17.7 Å². The van der Waals surface area contributed by atoms with Crippen LogP contribution in [0.3, 0.4) is 0 Å². The number of hydrogen-bond donors (Lipinski definition) is 5. The zero-order chi connectivity index (χ0) is 24.4. The maximum absolute atomic E-state index is 12.7. The molecule has 5 N–H and O–H groups in total. The number of anilines is 3. The number of aliphatic hydroxyl groups excluding tert-OH is 2. The first-order chi connectivity index (χ1) is 17.1. The molecule has 3 atom stereocenters. The number of azo groups is 1. The molecule has 12 heteroatoms. The van der Waals surface area contributed by atoms with Crippen LogP contribution in [0.25, 0.3) is 11.2 Å². The molecule has 0 radical (unpaired) electrons. The molecule has 0 saturated carbocycles. The van der Waals surface area contributed by atoms with Crippen LogP contribution in [0.1, 0.15) is 12.6 Å². The highest BCUT2D eigenvalue weighted by atomic mass is 16.5. The maximum Gasteiger partial charge on any atom is 0.280 e. The van der Waals surface area contributed by atoms with Crippen molar-refractivity contribution in [3.8, 4) is 0 Å². The SMILES string of the molecule is CNc1ccc(N=Nc2ccccc2)cc1Nc1nc2c(ncn2C2C[C@H](O)[C@@H](CO)O2)c(=O)[nH]1. The number of hydrogen-bond acceptors (Lipinski definition) is 10. The van der Waals surface area contributed by atoms with Crippen molar-refractivity contribution in [2.45, 2.75) is 24.9 Å². The molecule has 2 aromatic heterocycles. The fraction of sp³-hybridized carbons (Fsp3) is 0.261. The highest BCUT2D eigenvalue weighted by Crippen LogP contribution is 2.32. The monoisotopic (exact) mass is 476 g/mol. The Balaban J connectivity index is 1.46. The van der Waals surface area contributed by atoms with Crippen LogP contribution in [0.15, 0.2) is 69.9 Å². The molecule has 1 aliphatic rings. The Hall–Kier alpha value is -4.13. The number of aromatic nitrogens is 4. The van der Waals surface area contributed by atoms with Crippen LogP contribution in [0.2, 0.25) is 0 Å². The van der Waals surface area contributed by atoms with Crippen molar-refractivity contribution in [2.75, 3.05) is 24.3 Å². The summed E-state index contributed by atoms with van der Waals surface area (Å²) < 4.78 is 7.29. The summed E-state index contributed by atoms with van der Waals surface area (Å²) in [5.74, 6) is 0.190. The van der Waals surface area contributed by atoms with Crippen LogP contribution in [0.4, 0.5) is 28.7 Å². The number of H-pyrrole nitrogens is 1. The van der Waals surface area contributed by atoms with E-state index in [-0.39, 0.29) is 30.1 Å². The maximum atomic E-state index is 12.7. The lowest BCUT2D eigenvalue weighted by Crippen LogP contribution is -2.24. The molecule has 0 aliphatic carbocycles. The Morgan fingerprint density at radius 3 is 2.71 bits per heavy atom. The van der Waals surface area contributed by atoms with E-state index < -0.39 is 24.0 Å². The average molecular weight is 476 g/mol. The molecule has 4 aromatic rings. The Morgan fingerprint density at radius 1 is 1.17 bits per heavy atom. The van der Waals surface area contributed by atoms with E-state index in [4.69, 9.17) is 4.74 Å². The number of rotatable bonds is 7. The van der Waals surface area contributed by atoms with Crippen molar-refractivity contribution < 1.29 is 14.9 Å². The number of ether oxygens (including phenoxy) is 1. The number of imidazole rings is 1. The summed E-state index contributed by atoms with van der Waals surface area (Å²) in [4.78, 5) is 24.1. The summed E-state index contributed by atoms with van der Waals surface area (Å²) >= 11 is 0. The summed E-state index contributed by atoms with van der Waals surface area (Å²) in [6.07, 6.45) is -0.455. The number of nitrogens with one attached hydrogen (secondary N) is 3. The van der Waals surface area contributed by atoms with Gasteiger partial charge in [0.1, 0.15) is 12.3 Å². The second-order valence-electron chi connectivity index (χ2n) is 7.99. The van der Waals surface area contributed by atoms with Gasteiger partial charge in [-0.3, -0.25) is 14.3 Å². The van der Waals surface area contributed by atoms with Gasteiger partial charge in [-0.05, 0) is 30.3 Å². The van der Waals surface area contributed by atoms with Gasteiger partial charge in [-0.1, -0.05) is 18.2 Å². The van der Waals surface area contributed by atoms with Crippen LogP contribution >= 0.6 is 0 Å². The van der Waals surface area contributed by atoms with E-state index >= 15 is 0 Å². The Bertz CT molecular complexity index is 1420. The molecule has 12 nitrogen and oxygen atoms in total. The summed E-state index contributed by atoms with van der Waals surface area (Å²) in [6.45, 7) is -0.310. The largest absolute Gasteiger partial charge is 0.394 e. The highest BCUT2D eigenvalue weighted by Gasteiger charge is 2.35. The van der Waals surface area contributed by atoms with E-state index in [1.165, 1.54) is 6.33 Å². The third-order valence-corrected chi connectivity index (χ3v) is 5.69. The molecule has 1 aliphatic heterocycles. The van der Waals surface area contributed by atoms with Crippen molar-refractivity contribution in [1.29, 1.82) is 0 Å². The minimum absolute atomic E-state index is 0.139. The Morgan fingerprint density at radius 2 is 1.97 bits per heavy atom. The molecular weight excluding hydrogens is 452 g/mol. The van der Waals surface area contributed by atoms with Gasteiger partial charge in [-0.2, -0.15) is 15.2 Å². The molecular formula is C23H24N8O4. The molecule has 5 rings (SSSR count). The molecule has 0 bridgehead atoms. The van der Waals surface area contributed by atoms with E-state index in [1.807, 2.05) is 42.5 Å². The van der Waals surface area contributed by atoms with Gasteiger partial charge in [0.2, 0.25) is 5.95 Å². The predicted octanol–water partition coefficient (Wildman–Crippen LogP) is 2.96. The number of benzene rings is 2. The molecule has 1 saturated heterocycles. The van der Waals surface area contributed by atoms with Crippen molar-refractivity contribution in [1.82, 2.24) is 19.5 Å². The molecule has 2 aromatic carbocycles. The number of aromatic amines is 1. The highest BCUT2D eigenvalue weighted by molar-refractivity contribution is 5.77. The van der Waals surface area contributed by atoms with Gasteiger partial charge in [0.15, 0.2) is 11.2 Å². The lowest BCUT2D eigenvalue weighted by atomic mass is 10.2. The quantitative estimate of drug-likeness (QED) is 0.254. The lowest BCUT2D eigenvalue weighted by molar-refractivity contribution is -0.0432. The third-order valence-electron chi connectivity index (χ3n) is 5.69.